The van der Waals surface area contributed by atoms with Gasteiger partial charge >= 0.3 is 0 Å². The molecule has 0 unspecified atom stereocenters. The highest BCUT2D eigenvalue weighted by Crippen LogP contribution is 2.15. The van der Waals surface area contributed by atoms with E-state index in [1.165, 1.54) is 0 Å². The summed E-state index contributed by atoms with van der Waals surface area (Å²) in [6.07, 6.45) is 3.98. The maximum Gasteiger partial charge on any atom is 0.119 e. The van der Waals surface area contributed by atoms with Crippen LogP contribution in [0.15, 0.2) is 47.1 Å². The van der Waals surface area contributed by atoms with Crippen molar-refractivity contribution in [3.8, 4) is 5.75 Å². The first-order chi connectivity index (χ1) is 8.28. The summed E-state index contributed by atoms with van der Waals surface area (Å²) in [5.74, 6) is 0.856. The number of pyridine rings is 1. The van der Waals surface area contributed by atoms with Crippen LogP contribution in [0.4, 0.5) is 0 Å². The predicted molar refractivity (Wildman–Crippen MR) is 73.9 cm³/mol. The monoisotopic (exact) mass is 289 g/mol. The van der Waals surface area contributed by atoms with Crippen molar-refractivity contribution >= 4 is 28.1 Å². The van der Waals surface area contributed by atoms with Gasteiger partial charge in [-0.05, 0) is 51.8 Å². The minimum Gasteiger partial charge on any atom is -0.497 e. The van der Waals surface area contributed by atoms with Crippen LogP contribution in [0, 0.1) is 0 Å². The van der Waals surface area contributed by atoms with Crippen molar-refractivity contribution < 1.29 is 4.74 Å². The van der Waals surface area contributed by atoms with Crippen LogP contribution in [-0.2, 0) is 0 Å². The van der Waals surface area contributed by atoms with Gasteiger partial charge in [0.25, 0.3) is 0 Å². The molecule has 86 valence electrons. The molecule has 2 aromatic rings. The molecule has 0 saturated carbocycles. The van der Waals surface area contributed by atoms with Crippen molar-refractivity contribution in [2.24, 2.45) is 0 Å². The van der Waals surface area contributed by atoms with E-state index in [0.717, 1.165) is 21.6 Å². The second-order valence-corrected chi connectivity index (χ2v) is 4.31. The highest BCUT2D eigenvalue weighted by atomic mass is 79.9. The highest BCUT2D eigenvalue weighted by molar-refractivity contribution is 9.10. The molecule has 0 spiro atoms. The first-order valence-corrected chi connectivity index (χ1v) is 6.02. The molecule has 3 heteroatoms. The van der Waals surface area contributed by atoms with Gasteiger partial charge in [-0.3, -0.25) is 0 Å². The minimum absolute atomic E-state index is 0.838. The summed E-state index contributed by atoms with van der Waals surface area (Å²) in [4.78, 5) is 4.33. The van der Waals surface area contributed by atoms with Crippen LogP contribution in [0.2, 0.25) is 0 Å². The maximum absolute atomic E-state index is 5.17. The van der Waals surface area contributed by atoms with Gasteiger partial charge in [0.05, 0.1) is 12.8 Å². The number of hydrogen-bond acceptors (Lipinski definition) is 2. The molecular formula is C14H12BrNO. The van der Waals surface area contributed by atoms with Gasteiger partial charge in [-0.25, -0.2) is 4.98 Å². The van der Waals surface area contributed by atoms with E-state index in [1.54, 1.807) is 7.11 Å². The van der Waals surface area contributed by atoms with Crippen molar-refractivity contribution in [2.75, 3.05) is 7.11 Å². The molecule has 0 bridgehead atoms. The van der Waals surface area contributed by atoms with Crippen LogP contribution >= 0.6 is 15.9 Å². The second kappa shape index (κ2) is 5.64. The van der Waals surface area contributed by atoms with E-state index in [2.05, 4.69) is 20.9 Å². The Kier molecular flexibility index (Phi) is 3.94. The topological polar surface area (TPSA) is 22.1 Å². The number of rotatable bonds is 3. The molecule has 0 aliphatic heterocycles. The Bertz CT molecular complexity index is 537. The minimum atomic E-state index is 0.838. The van der Waals surface area contributed by atoms with Gasteiger partial charge in [0.2, 0.25) is 0 Å². The Morgan fingerprint density at radius 3 is 2.71 bits per heavy atom. The molecule has 0 aliphatic carbocycles. The summed E-state index contributed by atoms with van der Waals surface area (Å²) >= 11 is 3.35. The second-order valence-electron chi connectivity index (χ2n) is 3.50. The normalized spacial score (nSPS) is 10.7. The van der Waals surface area contributed by atoms with Crippen LogP contribution in [-0.4, -0.2) is 12.1 Å². The summed E-state index contributed by atoms with van der Waals surface area (Å²) in [6.45, 7) is 0. The lowest BCUT2D eigenvalue weighted by molar-refractivity contribution is 0.414. The fraction of sp³-hybridized carbons (Fsp3) is 0.0714. The van der Waals surface area contributed by atoms with Crippen LogP contribution in [0.3, 0.4) is 0 Å². The van der Waals surface area contributed by atoms with Gasteiger partial charge in [-0.2, -0.15) is 0 Å². The number of methoxy groups -OCH3 is 1. The van der Waals surface area contributed by atoms with Crippen molar-refractivity contribution in [1.29, 1.82) is 0 Å². The molecule has 2 nitrogen and oxygen atoms in total. The zero-order valence-corrected chi connectivity index (χ0v) is 11.0. The fourth-order valence-electron chi connectivity index (χ4n) is 1.44. The highest BCUT2D eigenvalue weighted by Gasteiger charge is 1.93. The number of hydrogen-bond donors (Lipinski definition) is 0. The smallest absolute Gasteiger partial charge is 0.119 e. The number of halogens is 1. The number of ether oxygens (including phenoxy) is 1. The van der Waals surface area contributed by atoms with E-state index in [1.807, 2.05) is 54.6 Å². The first-order valence-electron chi connectivity index (χ1n) is 5.22. The van der Waals surface area contributed by atoms with Gasteiger partial charge in [0, 0.05) is 0 Å². The molecule has 0 amide bonds. The number of aromatic nitrogens is 1. The van der Waals surface area contributed by atoms with E-state index < -0.39 is 0 Å². The van der Waals surface area contributed by atoms with Crippen molar-refractivity contribution in [2.45, 2.75) is 0 Å². The number of nitrogens with zero attached hydrogens (tertiary/aromatic N) is 1. The van der Waals surface area contributed by atoms with Crippen LogP contribution < -0.4 is 4.74 Å². The lowest BCUT2D eigenvalue weighted by atomic mass is 10.2. The average Bonchev–Trinajstić information content (AvgIpc) is 2.37. The average molecular weight is 290 g/mol. The zero-order chi connectivity index (χ0) is 12.1. The molecule has 0 N–H and O–H groups in total. The molecule has 1 heterocycles. The third kappa shape index (κ3) is 3.43. The SMILES string of the molecule is COc1cccc(/C=C/c2cccc(Br)n2)c1. The van der Waals surface area contributed by atoms with E-state index in [4.69, 9.17) is 4.74 Å². The van der Waals surface area contributed by atoms with E-state index >= 15 is 0 Å². The molecule has 0 fully saturated rings. The van der Waals surface area contributed by atoms with Gasteiger partial charge in [-0.15, -0.1) is 0 Å². The molecule has 0 aliphatic rings. The molecule has 17 heavy (non-hydrogen) atoms. The van der Waals surface area contributed by atoms with Crippen LogP contribution in [0.5, 0.6) is 5.75 Å². The van der Waals surface area contributed by atoms with Crippen molar-refractivity contribution in [3.63, 3.8) is 0 Å². The van der Waals surface area contributed by atoms with E-state index in [0.29, 0.717) is 0 Å². The molecule has 1 aromatic carbocycles. The predicted octanol–water partition coefficient (Wildman–Crippen LogP) is 4.02. The first kappa shape index (κ1) is 11.9. The third-order valence-electron chi connectivity index (χ3n) is 2.28. The van der Waals surface area contributed by atoms with E-state index in [9.17, 15) is 0 Å². The summed E-state index contributed by atoms with van der Waals surface area (Å²) in [5, 5.41) is 0. The Balaban J connectivity index is 2.19. The van der Waals surface area contributed by atoms with Crippen LogP contribution in [0.25, 0.3) is 12.2 Å². The Morgan fingerprint density at radius 1 is 1.12 bits per heavy atom. The lowest BCUT2D eigenvalue weighted by Gasteiger charge is -2.00. The summed E-state index contributed by atoms with van der Waals surface area (Å²) in [7, 11) is 1.67. The van der Waals surface area contributed by atoms with Crippen molar-refractivity contribution in [3.05, 3.63) is 58.3 Å². The summed E-state index contributed by atoms with van der Waals surface area (Å²) in [6, 6.07) is 13.7. The van der Waals surface area contributed by atoms with Gasteiger partial charge in [-0.1, -0.05) is 24.3 Å². The lowest BCUT2D eigenvalue weighted by Crippen LogP contribution is -1.83. The van der Waals surface area contributed by atoms with Crippen molar-refractivity contribution in [1.82, 2.24) is 4.98 Å². The van der Waals surface area contributed by atoms with Crippen LogP contribution in [0.1, 0.15) is 11.3 Å². The van der Waals surface area contributed by atoms with Gasteiger partial charge in [0.1, 0.15) is 10.4 Å². The van der Waals surface area contributed by atoms with Gasteiger partial charge < -0.3 is 4.74 Å². The maximum atomic E-state index is 5.17. The summed E-state index contributed by atoms with van der Waals surface area (Å²) in [5.41, 5.74) is 2.01. The molecule has 0 saturated heterocycles. The van der Waals surface area contributed by atoms with E-state index in [-0.39, 0.29) is 0 Å². The standard InChI is InChI=1S/C14H12BrNO/c1-17-13-6-2-4-11(10-13)8-9-12-5-3-7-14(15)16-12/h2-10H,1H3/b9-8+. The third-order valence-corrected chi connectivity index (χ3v) is 2.72. The quantitative estimate of drug-likeness (QED) is 0.796. The Hall–Kier alpha value is -1.61. The Morgan fingerprint density at radius 2 is 1.94 bits per heavy atom. The van der Waals surface area contributed by atoms with Gasteiger partial charge in [0.15, 0.2) is 0 Å². The number of benzene rings is 1. The molecule has 2 rings (SSSR count). The molecule has 0 radical (unpaired) electrons. The fourth-order valence-corrected chi connectivity index (χ4v) is 1.80. The summed E-state index contributed by atoms with van der Waals surface area (Å²) < 4.78 is 6.01. The molecular weight excluding hydrogens is 278 g/mol. The molecule has 1 aromatic heterocycles. The largest absolute Gasteiger partial charge is 0.497 e. The molecule has 0 atom stereocenters. The Labute approximate surface area is 109 Å². The zero-order valence-electron chi connectivity index (χ0n) is 9.43.